The van der Waals surface area contributed by atoms with E-state index in [0.717, 1.165) is 74.5 Å². The number of imidazole rings is 1. The lowest BCUT2D eigenvalue weighted by molar-refractivity contribution is 0.692. The Kier molecular flexibility index (Phi) is 3.91. The summed E-state index contributed by atoms with van der Waals surface area (Å²) in [5.41, 5.74) is 9.92. The number of hydrogen-bond donors (Lipinski definition) is 3. The number of aromatic amines is 2. The van der Waals surface area contributed by atoms with Crippen molar-refractivity contribution < 1.29 is 0 Å². The van der Waals surface area contributed by atoms with Gasteiger partial charge in [-0.3, -0.25) is 15.1 Å². The number of H-pyrrole nitrogens is 2. The zero-order valence-electron chi connectivity index (χ0n) is 17.6. The summed E-state index contributed by atoms with van der Waals surface area (Å²) in [6.45, 7) is 1.49. The molecule has 0 unspecified atom stereocenters. The molecule has 2 aromatic carbocycles. The first-order valence-corrected chi connectivity index (χ1v) is 10.9. The van der Waals surface area contributed by atoms with Gasteiger partial charge in [0.25, 0.3) is 0 Å². The number of benzene rings is 2. The fraction of sp³-hybridized carbons (Fsp3) is 0.0769. The van der Waals surface area contributed by atoms with Gasteiger partial charge in [0, 0.05) is 48.2 Å². The molecule has 8 bridgehead atoms. The molecule has 0 saturated heterocycles. The summed E-state index contributed by atoms with van der Waals surface area (Å²) < 4.78 is 0. The van der Waals surface area contributed by atoms with Crippen LogP contribution < -0.4 is 5.32 Å². The van der Waals surface area contributed by atoms with Gasteiger partial charge in [0.15, 0.2) is 5.82 Å². The summed E-state index contributed by atoms with van der Waals surface area (Å²) >= 11 is 0. The number of rotatable bonds is 0. The lowest BCUT2D eigenvalue weighted by Gasteiger charge is -2.09. The lowest BCUT2D eigenvalue weighted by atomic mass is 10.0. The molecule has 33 heavy (non-hydrogen) atoms. The summed E-state index contributed by atoms with van der Waals surface area (Å²) in [4.78, 5) is 17.5. The minimum Gasteiger partial charge on any atom is -0.336 e. The van der Waals surface area contributed by atoms with Crippen LogP contribution in [0, 0.1) is 0 Å². The van der Waals surface area contributed by atoms with Gasteiger partial charge >= 0.3 is 0 Å². The van der Waals surface area contributed by atoms with E-state index in [2.05, 4.69) is 79.0 Å². The van der Waals surface area contributed by atoms with Gasteiger partial charge < -0.3 is 10.3 Å². The van der Waals surface area contributed by atoms with Crippen LogP contribution in [0.4, 0.5) is 0 Å². The van der Waals surface area contributed by atoms with Crippen LogP contribution in [-0.4, -0.2) is 30.1 Å². The number of hydrogen-bond acceptors (Lipinski definition) is 5. The highest BCUT2D eigenvalue weighted by molar-refractivity contribution is 5.97. The second kappa shape index (κ2) is 7.08. The van der Waals surface area contributed by atoms with Gasteiger partial charge in [0.2, 0.25) is 0 Å². The van der Waals surface area contributed by atoms with Crippen molar-refractivity contribution in [2.24, 2.45) is 0 Å². The van der Waals surface area contributed by atoms with Gasteiger partial charge in [-0.2, -0.15) is 5.10 Å². The molecule has 0 amide bonds. The fourth-order valence-electron chi connectivity index (χ4n) is 4.55. The minimum absolute atomic E-state index is 0.719. The molecule has 7 heteroatoms. The molecule has 7 rings (SSSR count). The number of nitrogens with zero attached hydrogens (tertiary/aromatic N) is 4. The van der Waals surface area contributed by atoms with Crippen LogP contribution in [0.15, 0.2) is 73.2 Å². The second-order valence-corrected chi connectivity index (χ2v) is 8.36. The van der Waals surface area contributed by atoms with Gasteiger partial charge in [0.05, 0.1) is 16.7 Å². The molecule has 0 aliphatic carbocycles. The van der Waals surface area contributed by atoms with Crippen LogP contribution in [0.5, 0.6) is 0 Å². The van der Waals surface area contributed by atoms with Crippen LogP contribution in [0.25, 0.3) is 55.8 Å². The Morgan fingerprint density at radius 3 is 2.70 bits per heavy atom. The normalized spacial score (nSPS) is 13.1. The Morgan fingerprint density at radius 2 is 1.70 bits per heavy atom. The zero-order chi connectivity index (χ0) is 21.8. The number of nitrogens with one attached hydrogen (secondary N) is 3. The third-order valence-corrected chi connectivity index (χ3v) is 6.17. The number of aromatic nitrogens is 6. The number of fused-ring (bicyclic) bond motifs is 9. The highest BCUT2D eigenvalue weighted by atomic mass is 15.1. The van der Waals surface area contributed by atoms with Crippen LogP contribution in [0.3, 0.4) is 0 Å². The highest BCUT2D eigenvalue weighted by Crippen LogP contribution is 2.32. The van der Waals surface area contributed by atoms with Crippen LogP contribution in [0.2, 0.25) is 0 Å². The second-order valence-electron chi connectivity index (χ2n) is 8.36. The molecule has 158 valence electrons. The largest absolute Gasteiger partial charge is 0.336 e. The summed E-state index contributed by atoms with van der Waals surface area (Å²) in [5.74, 6) is 0.719. The smallest absolute Gasteiger partial charge is 0.159 e. The molecule has 1 aliphatic rings. The van der Waals surface area contributed by atoms with Crippen molar-refractivity contribution >= 4 is 21.9 Å². The van der Waals surface area contributed by atoms with E-state index in [9.17, 15) is 0 Å². The van der Waals surface area contributed by atoms with Gasteiger partial charge in [-0.25, -0.2) is 4.98 Å². The molecule has 0 saturated carbocycles. The Labute approximate surface area is 189 Å². The number of pyridine rings is 2. The standard InChI is InChI=1S/C26H19N7/c1-2-15-8-18(3-1)23-25-22(6-7-29-23)30-26(31-25)24-20-10-17(4-5-21(20)32-33-24)19-9-16(12-27-11-15)13-28-14-19/h1-10,13-14,27H,11-12H2,(H,30,31)(H,32,33). The lowest BCUT2D eigenvalue weighted by Crippen LogP contribution is -2.13. The molecule has 0 spiro atoms. The van der Waals surface area contributed by atoms with Gasteiger partial charge in [-0.15, -0.1) is 0 Å². The molecule has 0 fully saturated rings. The summed E-state index contributed by atoms with van der Waals surface area (Å²) in [7, 11) is 0. The molecule has 3 N–H and O–H groups in total. The summed E-state index contributed by atoms with van der Waals surface area (Å²) in [6, 6.07) is 18.9. The molecule has 7 nitrogen and oxygen atoms in total. The van der Waals surface area contributed by atoms with E-state index >= 15 is 0 Å². The van der Waals surface area contributed by atoms with Gasteiger partial charge in [-0.05, 0) is 47.0 Å². The Morgan fingerprint density at radius 1 is 0.758 bits per heavy atom. The van der Waals surface area contributed by atoms with Crippen molar-refractivity contribution in [2.75, 3.05) is 0 Å². The van der Waals surface area contributed by atoms with Crippen LogP contribution >= 0.6 is 0 Å². The fourth-order valence-corrected chi connectivity index (χ4v) is 4.55. The average Bonchev–Trinajstić information content (AvgIpc) is 3.47. The van der Waals surface area contributed by atoms with E-state index in [1.165, 1.54) is 5.56 Å². The predicted octanol–water partition coefficient (Wildman–Crippen LogP) is 4.83. The third kappa shape index (κ3) is 3.01. The van der Waals surface area contributed by atoms with E-state index in [4.69, 9.17) is 4.98 Å². The van der Waals surface area contributed by atoms with E-state index in [1.807, 2.05) is 24.7 Å². The van der Waals surface area contributed by atoms with Crippen LogP contribution in [-0.2, 0) is 13.1 Å². The Balaban J connectivity index is 1.51. The molecule has 0 radical (unpaired) electrons. The van der Waals surface area contributed by atoms with Gasteiger partial charge in [-0.1, -0.05) is 24.3 Å². The average molecular weight is 429 g/mol. The maximum absolute atomic E-state index is 4.94. The quantitative estimate of drug-likeness (QED) is 0.321. The molecule has 5 heterocycles. The minimum atomic E-state index is 0.719. The first-order valence-electron chi connectivity index (χ1n) is 10.9. The van der Waals surface area contributed by atoms with E-state index in [1.54, 1.807) is 0 Å². The predicted molar refractivity (Wildman–Crippen MR) is 128 cm³/mol. The SMILES string of the molecule is c1cc2cc(c1)-c1nccc3[nH]c(nc13)-c1n[nH]c3ccc(cc13)-c1cncc(c1)CNC2. The first kappa shape index (κ1) is 18.2. The van der Waals surface area contributed by atoms with E-state index in [0.29, 0.717) is 0 Å². The van der Waals surface area contributed by atoms with Crippen molar-refractivity contribution in [2.45, 2.75) is 13.1 Å². The van der Waals surface area contributed by atoms with Crippen molar-refractivity contribution in [3.05, 3.63) is 84.3 Å². The topological polar surface area (TPSA) is 95.2 Å². The van der Waals surface area contributed by atoms with Crippen molar-refractivity contribution in [3.8, 4) is 33.9 Å². The Bertz CT molecular complexity index is 1660. The monoisotopic (exact) mass is 429 g/mol. The Hall–Kier alpha value is -4.36. The molecule has 4 aromatic heterocycles. The van der Waals surface area contributed by atoms with Gasteiger partial charge in [0.1, 0.15) is 11.2 Å². The zero-order valence-corrected chi connectivity index (χ0v) is 17.6. The first-order chi connectivity index (χ1) is 16.3. The van der Waals surface area contributed by atoms with Crippen molar-refractivity contribution in [1.82, 2.24) is 35.5 Å². The van der Waals surface area contributed by atoms with E-state index in [-0.39, 0.29) is 0 Å². The van der Waals surface area contributed by atoms with Crippen LogP contribution in [0.1, 0.15) is 11.1 Å². The van der Waals surface area contributed by atoms with Crippen molar-refractivity contribution in [1.29, 1.82) is 0 Å². The van der Waals surface area contributed by atoms with E-state index < -0.39 is 0 Å². The molecule has 1 aliphatic heterocycles. The summed E-state index contributed by atoms with van der Waals surface area (Å²) in [5, 5.41) is 12.3. The molecule has 6 aromatic rings. The maximum Gasteiger partial charge on any atom is 0.159 e. The van der Waals surface area contributed by atoms with Crippen molar-refractivity contribution in [3.63, 3.8) is 0 Å². The molecular weight excluding hydrogens is 410 g/mol. The highest BCUT2D eigenvalue weighted by Gasteiger charge is 2.17. The molecule has 0 atom stereocenters. The summed E-state index contributed by atoms with van der Waals surface area (Å²) in [6.07, 6.45) is 5.64. The molecular formula is C26H19N7. The third-order valence-electron chi connectivity index (χ3n) is 6.17. The maximum atomic E-state index is 4.94.